The van der Waals surface area contributed by atoms with Crippen LogP contribution in [0.5, 0.6) is 0 Å². The van der Waals surface area contributed by atoms with Crippen molar-refractivity contribution in [1.29, 1.82) is 0 Å². The molecule has 0 bridgehead atoms. The molecule has 0 saturated carbocycles. The van der Waals surface area contributed by atoms with Gasteiger partial charge in [-0.3, -0.25) is 14.4 Å². The van der Waals surface area contributed by atoms with Crippen molar-refractivity contribution in [2.45, 2.75) is 39.3 Å². The molecule has 13 nitrogen and oxygen atoms in total. The van der Waals surface area contributed by atoms with E-state index >= 15 is 0 Å². The third-order valence-electron chi connectivity index (χ3n) is 6.84. The van der Waals surface area contributed by atoms with Crippen LogP contribution in [0.25, 0.3) is 22.1 Å². The van der Waals surface area contributed by atoms with Crippen LogP contribution in [0.1, 0.15) is 55.9 Å². The highest BCUT2D eigenvalue weighted by Gasteiger charge is 2.21. The molecule has 42 heavy (non-hydrogen) atoms. The number of rotatable bonds is 3. The average Bonchev–Trinajstić information content (AvgIpc) is 3.60. The Morgan fingerprint density at radius 2 is 1.48 bits per heavy atom. The summed E-state index contributed by atoms with van der Waals surface area (Å²) in [5, 5.41) is 9.53. The Morgan fingerprint density at radius 1 is 0.881 bits per heavy atom. The van der Waals surface area contributed by atoms with Crippen LogP contribution in [-0.2, 0) is 29.1 Å². The van der Waals surface area contributed by atoms with Gasteiger partial charge in [-0.1, -0.05) is 17.3 Å². The first kappa shape index (κ1) is 28.1. The number of carbonyl (C=O) groups is 3. The van der Waals surface area contributed by atoms with Crippen LogP contribution >= 0.6 is 0 Å². The highest BCUT2D eigenvalue weighted by atomic mass is 16.5. The highest BCUT2D eigenvalue weighted by molar-refractivity contribution is 6.01. The number of amides is 2. The van der Waals surface area contributed by atoms with E-state index in [1.165, 1.54) is 0 Å². The van der Waals surface area contributed by atoms with Gasteiger partial charge < -0.3 is 24.3 Å². The fraction of sp³-hybridized carbons (Fsp3) is 0.276. The zero-order chi connectivity index (χ0) is 29.6. The molecule has 2 amide bonds. The Bertz CT molecular complexity index is 1830. The van der Waals surface area contributed by atoms with Gasteiger partial charge in [-0.2, -0.15) is 9.59 Å². The molecule has 0 unspecified atom stereocenters. The number of hydrogen-bond acceptors (Lipinski definition) is 9. The molecule has 0 aliphatic carbocycles. The summed E-state index contributed by atoms with van der Waals surface area (Å²) in [4.78, 5) is 61.2. The minimum Gasteiger partial charge on any atom is -0.361 e. The number of benzene rings is 2. The first-order chi connectivity index (χ1) is 20.4. The number of nitrogens with zero attached hydrogens (tertiary/aromatic N) is 5. The lowest BCUT2D eigenvalue weighted by molar-refractivity contribution is -0.191. The van der Waals surface area contributed by atoms with Gasteiger partial charge in [0.25, 0.3) is 11.8 Å². The smallest absolute Gasteiger partial charge is 0.361 e. The van der Waals surface area contributed by atoms with E-state index in [1.54, 1.807) is 31.2 Å². The Balaban J connectivity index is 0.000000167. The van der Waals surface area contributed by atoms with Gasteiger partial charge in [0, 0.05) is 37.8 Å². The van der Waals surface area contributed by atoms with Crippen molar-refractivity contribution < 1.29 is 28.5 Å². The summed E-state index contributed by atoms with van der Waals surface area (Å²) in [5.41, 5.74) is 4.66. The summed E-state index contributed by atoms with van der Waals surface area (Å²) in [5.74, 6) is 1.34. The maximum atomic E-state index is 12.5. The molecular weight excluding hydrogens is 542 g/mol. The molecule has 2 aromatic carbocycles. The number of nitrogens with one attached hydrogen (secondary N) is 2. The molecule has 2 aliphatic heterocycles. The van der Waals surface area contributed by atoms with Gasteiger partial charge in [0.1, 0.15) is 5.76 Å². The van der Waals surface area contributed by atoms with Gasteiger partial charge in [0.05, 0.1) is 34.2 Å². The molecule has 5 aromatic rings. The average molecular weight is 570 g/mol. The molecule has 2 N–H and O–H groups in total. The van der Waals surface area contributed by atoms with Gasteiger partial charge in [-0.15, -0.1) is 0 Å². The monoisotopic (exact) mass is 569 g/mol. The van der Waals surface area contributed by atoms with E-state index in [-0.39, 0.29) is 30.2 Å². The number of aromatic nitrogens is 5. The lowest BCUT2D eigenvalue weighted by Gasteiger charge is -2.04. The highest BCUT2D eigenvalue weighted by Crippen LogP contribution is 2.21. The van der Waals surface area contributed by atoms with Crippen LogP contribution in [0, 0.1) is 6.92 Å². The summed E-state index contributed by atoms with van der Waals surface area (Å²) in [6.07, 6.45) is 2.23. The fourth-order valence-electron chi connectivity index (χ4n) is 4.98. The molecule has 7 rings (SSSR count). The van der Waals surface area contributed by atoms with Crippen LogP contribution in [-0.4, -0.2) is 61.1 Å². The first-order valence-electron chi connectivity index (χ1n) is 13.4. The molecule has 0 atom stereocenters. The number of ketones is 1. The maximum Gasteiger partial charge on any atom is 0.373 e. The molecular formula is C29H27N7O6. The summed E-state index contributed by atoms with van der Waals surface area (Å²) in [6.45, 7) is 4.71. The molecule has 0 saturated heterocycles. The Morgan fingerprint density at radius 3 is 2.10 bits per heavy atom. The topological polar surface area (TPSA) is 171 Å². The van der Waals surface area contributed by atoms with Crippen molar-refractivity contribution in [1.82, 2.24) is 34.9 Å². The molecule has 5 heterocycles. The third-order valence-corrected chi connectivity index (χ3v) is 6.84. The van der Waals surface area contributed by atoms with E-state index in [2.05, 4.69) is 25.8 Å². The second-order valence-electron chi connectivity index (χ2n) is 9.70. The largest absolute Gasteiger partial charge is 0.373 e. The maximum absolute atomic E-state index is 12.5. The number of carbonyl (C=O) groups excluding carboxylic acids is 5. The second-order valence-corrected chi connectivity index (χ2v) is 9.70. The van der Waals surface area contributed by atoms with E-state index in [1.807, 2.05) is 33.4 Å². The van der Waals surface area contributed by atoms with Gasteiger partial charge in [-0.25, -0.2) is 9.97 Å². The van der Waals surface area contributed by atoms with Crippen molar-refractivity contribution in [2.24, 2.45) is 0 Å². The molecule has 13 heteroatoms. The fourth-order valence-corrected chi connectivity index (χ4v) is 4.98. The van der Waals surface area contributed by atoms with Crippen LogP contribution in [0.2, 0.25) is 0 Å². The Hall–Kier alpha value is -5.42. The molecule has 0 radical (unpaired) electrons. The predicted octanol–water partition coefficient (Wildman–Crippen LogP) is 2.48. The number of fused-ring (bicyclic) bond motifs is 6. The normalized spacial score (nSPS) is 14.0. The summed E-state index contributed by atoms with van der Waals surface area (Å²) < 4.78 is 8.88. The van der Waals surface area contributed by atoms with E-state index in [0.29, 0.717) is 41.8 Å². The standard InChI is InChI=1S/C17H16N4O3.C11H11N3O.CO2/c1-10-7-12(20-24-10)9-15(22)11-3-4-13-14(8-11)21-6-2-5-18-17(23)16(21)19-13;15-11-10-13-8-4-1-2-5-9(8)14(10)7-3-6-12-11;2-1-3/h3-4,7-8H,2,5-6,9H2,1H3,(H,18,23);1-2,4-5H,3,6-7H2,(H,12,15);. The second kappa shape index (κ2) is 12.4. The van der Waals surface area contributed by atoms with Gasteiger partial charge in [-0.05, 0) is 50.1 Å². The number of hydrogen-bond donors (Lipinski definition) is 2. The molecule has 0 spiro atoms. The van der Waals surface area contributed by atoms with E-state index in [9.17, 15) is 14.4 Å². The number of para-hydroxylation sites is 2. The molecule has 2 aliphatic rings. The van der Waals surface area contributed by atoms with Crippen molar-refractivity contribution in [2.75, 3.05) is 13.1 Å². The lowest BCUT2D eigenvalue weighted by atomic mass is 10.1. The Labute approximate surface area is 238 Å². The van der Waals surface area contributed by atoms with Crippen LogP contribution in [0.3, 0.4) is 0 Å². The zero-order valence-electron chi connectivity index (χ0n) is 22.8. The summed E-state index contributed by atoms with van der Waals surface area (Å²) in [6, 6.07) is 14.9. The minimum absolute atomic E-state index is 0.0428. The molecule has 214 valence electrons. The van der Waals surface area contributed by atoms with Crippen LogP contribution < -0.4 is 10.6 Å². The first-order valence-corrected chi connectivity index (χ1v) is 13.4. The summed E-state index contributed by atoms with van der Waals surface area (Å²) >= 11 is 0. The number of imidazole rings is 2. The number of Topliss-reactive ketones (excluding diaryl/α,β-unsaturated/α-hetero) is 1. The van der Waals surface area contributed by atoms with Crippen LogP contribution in [0.15, 0.2) is 53.1 Å². The van der Waals surface area contributed by atoms with Crippen LogP contribution in [0.4, 0.5) is 0 Å². The van der Waals surface area contributed by atoms with Crippen molar-refractivity contribution in [3.63, 3.8) is 0 Å². The van der Waals surface area contributed by atoms with Crippen molar-refractivity contribution >= 4 is 45.8 Å². The SMILES string of the molecule is Cc1cc(CC(=O)c2ccc3nc4n(c3c2)CCCNC4=O)no1.O=C1NCCCn2c1nc1ccccc12.O=C=O. The zero-order valence-corrected chi connectivity index (χ0v) is 22.8. The number of aryl methyl sites for hydroxylation is 3. The third kappa shape index (κ3) is 5.86. The lowest BCUT2D eigenvalue weighted by Crippen LogP contribution is -2.23. The minimum atomic E-state index is -0.172. The van der Waals surface area contributed by atoms with E-state index < -0.39 is 0 Å². The molecule has 3 aromatic heterocycles. The summed E-state index contributed by atoms with van der Waals surface area (Å²) in [7, 11) is 0. The van der Waals surface area contributed by atoms with Gasteiger partial charge >= 0.3 is 6.15 Å². The van der Waals surface area contributed by atoms with E-state index in [0.717, 1.165) is 48.0 Å². The van der Waals surface area contributed by atoms with Crippen molar-refractivity contribution in [3.05, 3.63) is 77.2 Å². The Kier molecular flexibility index (Phi) is 8.30. The molecule has 0 fully saturated rings. The predicted molar refractivity (Wildman–Crippen MR) is 148 cm³/mol. The van der Waals surface area contributed by atoms with Gasteiger partial charge in [0.2, 0.25) is 0 Å². The van der Waals surface area contributed by atoms with Gasteiger partial charge in [0.15, 0.2) is 17.4 Å². The van der Waals surface area contributed by atoms with E-state index in [4.69, 9.17) is 14.1 Å². The quantitative estimate of drug-likeness (QED) is 0.310. The van der Waals surface area contributed by atoms with Crippen molar-refractivity contribution in [3.8, 4) is 0 Å².